The Morgan fingerprint density at radius 2 is 1.69 bits per heavy atom. The lowest BCUT2D eigenvalue weighted by Crippen LogP contribution is -2.58. The molecule has 3 saturated carbocycles. The highest BCUT2D eigenvalue weighted by molar-refractivity contribution is 7.81. The van der Waals surface area contributed by atoms with Crippen LogP contribution in [0.4, 0.5) is 0 Å². The molecule has 4 aliphatic carbocycles. The van der Waals surface area contributed by atoms with Crippen LogP contribution in [0.5, 0.6) is 0 Å². The van der Waals surface area contributed by atoms with Gasteiger partial charge in [-0.15, -0.1) is 0 Å². The molecular formula is C27H46O10S2. The van der Waals surface area contributed by atoms with Gasteiger partial charge in [-0.1, -0.05) is 46.6 Å². The Balaban J connectivity index is 1.57. The number of allylic oxidation sites excluding steroid dienone is 1. The second-order valence-corrected chi connectivity index (χ2v) is 15.6. The van der Waals surface area contributed by atoms with Crippen LogP contribution in [0.3, 0.4) is 0 Å². The third-order valence-electron chi connectivity index (χ3n) is 10.8. The first-order valence-corrected chi connectivity index (χ1v) is 17.0. The summed E-state index contributed by atoms with van der Waals surface area (Å²) in [5.41, 5.74) is 0.107. The topological polar surface area (TPSA) is 168 Å². The minimum absolute atomic E-state index is 0.0131. The Labute approximate surface area is 233 Å². The van der Waals surface area contributed by atoms with E-state index in [2.05, 4.69) is 25.0 Å². The molecule has 0 saturated heterocycles. The summed E-state index contributed by atoms with van der Waals surface area (Å²) in [6, 6.07) is 0. The molecule has 0 heterocycles. The van der Waals surface area contributed by atoms with Crippen molar-refractivity contribution < 1.29 is 44.5 Å². The smallest absolute Gasteiger partial charge is 0.390 e. The van der Waals surface area contributed by atoms with Gasteiger partial charge in [-0.2, -0.15) is 16.8 Å². The molecule has 10 atom stereocenters. The second-order valence-electron chi connectivity index (χ2n) is 13.4. The Morgan fingerprint density at radius 3 is 2.31 bits per heavy atom. The Morgan fingerprint density at radius 1 is 1.00 bits per heavy atom. The fourth-order valence-electron chi connectivity index (χ4n) is 9.22. The molecule has 4 N–H and O–H groups in total. The standard InChI is InChI=1S/C27H46O10S2/c1-16(2)6-5-7-17(15-36-38(30,31)32)19-10-11-20-18-8-9-22-24(29)25(37-39(33,34)35)23(28)14-27(22,4)21(18)12-13-26(19,20)3/h9,16-21,23-25,28-29H,5-8,10-15H2,1-4H3,(H,30,31,32)(H,33,34,35)/t17-,18-,19+,20-,21-,23?,24?,25?,26+,27+/m0/s1. The van der Waals surface area contributed by atoms with Crippen LogP contribution >= 0.6 is 0 Å². The van der Waals surface area contributed by atoms with Gasteiger partial charge in [0.2, 0.25) is 0 Å². The van der Waals surface area contributed by atoms with E-state index in [1.807, 2.05) is 13.0 Å². The molecule has 0 aromatic carbocycles. The van der Waals surface area contributed by atoms with E-state index >= 15 is 0 Å². The van der Waals surface area contributed by atoms with Gasteiger partial charge in [0, 0.05) is 0 Å². The average molecular weight is 595 g/mol. The van der Waals surface area contributed by atoms with Crippen LogP contribution in [-0.4, -0.2) is 61.1 Å². The zero-order valence-electron chi connectivity index (χ0n) is 23.4. The first-order chi connectivity index (χ1) is 18.0. The molecule has 12 heteroatoms. The van der Waals surface area contributed by atoms with E-state index in [4.69, 9.17) is 8.74 Å². The van der Waals surface area contributed by atoms with Crippen LogP contribution in [0.15, 0.2) is 11.6 Å². The third kappa shape index (κ3) is 6.43. The van der Waals surface area contributed by atoms with Crippen molar-refractivity contribution >= 4 is 20.8 Å². The van der Waals surface area contributed by atoms with Gasteiger partial charge in [-0.25, -0.2) is 8.37 Å². The fourth-order valence-corrected chi connectivity index (χ4v) is 10.1. The van der Waals surface area contributed by atoms with Crippen molar-refractivity contribution in [3.05, 3.63) is 11.6 Å². The maximum atomic E-state index is 11.4. The van der Waals surface area contributed by atoms with Crippen molar-refractivity contribution in [3.63, 3.8) is 0 Å². The summed E-state index contributed by atoms with van der Waals surface area (Å²) in [7, 11) is -9.37. The molecule has 0 aliphatic heterocycles. The van der Waals surface area contributed by atoms with Gasteiger partial charge in [0.1, 0.15) is 12.2 Å². The molecule has 0 radical (unpaired) electrons. The summed E-state index contributed by atoms with van der Waals surface area (Å²) >= 11 is 0. The minimum Gasteiger partial charge on any atom is -0.390 e. The lowest BCUT2D eigenvalue weighted by Gasteiger charge is -2.59. The van der Waals surface area contributed by atoms with Crippen molar-refractivity contribution in [2.24, 2.45) is 46.3 Å². The van der Waals surface area contributed by atoms with E-state index in [1.165, 1.54) is 0 Å². The SMILES string of the molecule is CC(C)CCC[C@@H](COS(=O)(=O)O)[C@H]1CC[C@H]2[C@@H]3CC=C4C(O)C(OS(=O)(=O)O)C(O)C[C@]4(C)[C@H]3CC[C@]12C. The van der Waals surface area contributed by atoms with Crippen LogP contribution in [0.2, 0.25) is 0 Å². The maximum absolute atomic E-state index is 11.4. The summed E-state index contributed by atoms with van der Waals surface area (Å²) in [5.74, 6) is 1.67. The quantitative estimate of drug-likeness (QED) is 0.215. The number of hydrogen-bond donors (Lipinski definition) is 4. The molecule has 0 spiro atoms. The highest BCUT2D eigenvalue weighted by Gasteiger charge is 2.62. The van der Waals surface area contributed by atoms with Crippen molar-refractivity contribution in [2.75, 3.05) is 6.61 Å². The predicted molar refractivity (Wildman–Crippen MR) is 144 cm³/mol. The van der Waals surface area contributed by atoms with Crippen LogP contribution in [0, 0.1) is 46.3 Å². The van der Waals surface area contributed by atoms with E-state index in [9.17, 15) is 31.6 Å². The minimum atomic E-state index is -4.84. The first kappa shape index (κ1) is 31.3. The molecule has 0 amide bonds. The summed E-state index contributed by atoms with van der Waals surface area (Å²) in [5, 5.41) is 21.9. The molecule has 4 rings (SSSR count). The summed E-state index contributed by atoms with van der Waals surface area (Å²) in [6.45, 7) is 8.67. The first-order valence-electron chi connectivity index (χ1n) is 14.3. The second kappa shape index (κ2) is 11.2. The molecule has 4 aliphatic rings. The molecule has 10 nitrogen and oxygen atoms in total. The lowest BCUT2D eigenvalue weighted by molar-refractivity contribution is -0.119. The average Bonchev–Trinajstić information content (AvgIpc) is 3.14. The normalized spacial score (nSPS) is 41.5. The summed E-state index contributed by atoms with van der Waals surface area (Å²) in [6.07, 6.45) is 5.45. The third-order valence-corrected chi connectivity index (χ3v) is 11.7. The molecule has 226 valence electrons. The van der Waals surface area contributed by atoms with Gasteiger partial charge in [0.25, 0.3) is 0 Å². The van der Waals surface area contributed by atoms with Gasteiger partial charge in [-0.05, 0) is 96.9 Å². The van der Waals surface area contributed by atoms with Crippen molar-refractivity contribution in [2.45, 2.75) is 104 Å². The summed E-state index contributed by atoms with van der Waals surface area (Å²) in [4.78, 5) is 0. The Hall–Kier alpha value is -0.600. The molecular weight excluding hydrogens is 548 g/mol. The largest absolute Gasteiger partial charge is 0.397 e. The van der Waals surface area contributed by atoms with Gasteiger partial charge >= 0.3 is 20.8 Å². The van der Waals surface area contributed by atoms with Crippen LogP contribution in [0.25, 0.3) is 0 Å². The van der Waals surface area contributed by atoms with Crippen LogP contribution in [-0.2, 0) is 29.2 Å². The van der Waals surface area contributed by atoms with E-state index < -0.39 is 44.5 Å². The van der Waals surface area contributed by atoms with Gasteiger partial charge < -0.3 is 10.2 Å². The number of hydrogen-bond acceptors (Lipinski definition) is 8. The zero-order chi connectivity index (χ0) is 29.0. The molecule has 0 aromatic rings. The van der Waals surface area contributed by atoms with Crippen LogP contribution < -0.4 is 0 Å². The van der Waals surface area contributed by atoms with E-state index in [0.717, 1.165) is 44.9 Å². The lowest BCUT2D eigenvalue weighted by atomic mass is 9.46. The summed E-state index contributed by atoms with van der Waals surface area (Å²) < 4.78 is 73.6. The van der Waals surface area contributed by atoms with Crippen molar-refractivity contribution in [3.8, 4) is 0 Å². The van der Waals surface area contributed by atoms with Gasteiger partial charge in [-0.3, -0.25) is 9.11 Å². The molecule has 0 aromatic heterocycles. The number of rotatable bonds is 10. The predicted octanol–water partition coefficient (Wildman–Crippen LogP) is 3.96. The molecule has 3 fully saturated rings. The monoisotopic (exact) mass is 594 g/mol. The maximum Gasteiger partial charge on any atom is 0.397 e. The number of aliphatic hydroxyl groups is 2. The molecule has 39 heavy (non-hydrogen) atoms. The van der Waals surface area contributed by atoms with E-state index in [1.54, 1.807) is 0 Å². The Kier molecular flexibility index (Phi) is 9.03. The van der Waals surface area contributed by atoms with Crippen molar-refractivity contribution in [1.82, 2.24) is 0 Å². The number of aliphatic hydroxyl groups excluding tert-OH is 2. The van der Waals surface area contributed by atoms with Crippen LogP contribution in [0.1, 0.15) is 85.5 Å². The molecule has 0 bridgehead atoms. The number of fused-ring (bicyclic) bond motifs is 5. The highest BCUT2D eigenvalue weighted by atomic mass is 32.3. The van der Waals surface area contributed by atoms with Gasteiger partial charge in [0.15, 0.2) is 0 Å². The zero-order valence-corrected chi connectivity index (χ0v) is 25.0. The van der Waals surface area contributed by atoms with Gasteiger partial charge in [0.05, 0.1) is 12.7 Å². The van der Waals surface area contributed by atoms with E-state index in [0.29, 0.717) is 29.7 Å². The Bertz CT molecular complexity index is 1140. The van der Waals surface area contributed by atoms with Crippen molar-refractivity contribution in [1.29, 1.82) is 0 Å². The molecule has 3 unspecified atom stereocenters. The fraction of sp³-hybridized carbons (Fsp3) is 0.926. The highest BCUT2D eigenvalue weighted by Crippen LogP contribution is 2.67. The van der Waals surface area contributed by atoms with E-state index in [-0.39, 0.29) is 36.2 Å².